The van der Waals surface area contributed by atoms with E-state index in [4.69, 9.17) is 9.47 Å². The third-order valence-electron chi connectivity index (χ3n) is 5.30. The molecule has 166 valence electrons. The van der Waals surface area contributed by atoms with Crippen LogP contribution in [0.1, 0.15) is 103 Å². The highest BCUT2D eigenvalue weighted by Crippen LogP contribution is 2.25. The summed E-state index contributed by atoms with van der Waals surface area (Å²) < 4.78 is 10.3. The Morgan fingerprint density at radius 3 is 2.07 bits per heavy atom. The Balaban J connectivity index is 1.94. The van der Waals surface area contributed by atoms with Gasteiger partial charge < -0.3 is 14.6 Å². The monoisotopic (exact) mass is 406 g/mol. The van der Waals surface area contributed by atoms with Crippen molar-refractivity contribution in [3.8, 4) is 0 Å². The molecule has 0 aliphatic carbocycles. The van der Waals surface area contributed by atoms with Crippen molar-refractivity contribution in [2.75, 3.05) is 6.61 Å². The molecule has 4 nitrogen and oxygen atoms in total. The fourth-order valence-electron chi connectivity index (χ4n) is 3.55. The first-order valence-corrected chi connectivity index (χ1v) is 11.7. The molecule has 0 radical (unpaired) electrons. The smallest absolute Gasteiger partial charge is 0.378 e. The quantitative estimate of drug-likeness (QED) is 0.139. The van der Waals surface area contributed by atoms with E-state index in [2.05, 4.69) is 25.7 Å². The van der Waals surface area contributed by atoms with Crippen LogP contribution < -0.4 is 0 Å². The molecule has 29 heavy (non-hydrogen) atoms. The van der Waals surface area contributed by atoms with Gasteiger partial charge in [-0.15, -0.1) is 0 Å². The molecule has 1 atom stereocenters. The average molecular weight is 407 g/mol. The molecule has 0 fully saturated rings. The van der Waals surface area contributed by atoms with E-state index in [0.29, 0.717) is 6.42 Å². The van der Waals surface area contributed by atoms with E-state index in [-0.39, 0.29) is 18.1 Å². The van der Waals surface area contributed by atoms with Gasteiger partial charge in [-0.2, -0.15) is 0 Å². The Labute approximate surface area is 178 Å². The van der Waals surface area contributed by atoms with Crippen LogP contribution in [0.5, 0.6) is 0 Å². The van der Waals surface area contributed by atoms with Crippen molar-refractivity contribution in [1.82, 2.24) is 0 Å². The fraction of sp³-hybridized carbons (Fsp3) is 0.720. The van der Waals surface area contributed by atoms with Gasteiger partial charge >= 0.3 is 5.97 Å². The summed E-state index contributed by atoms with van der Waals surface area (Å²) in [5.74, 6) is -0.753. The molecule has 1 aliphatic rings. The molecule has 1 N–H and O–H groups in total. The zero-order chi connectivity index (χ0) is 21.2. The van der Waals surface area contributed by atoms with Crippen molar-refractivity contribution >= 4 is 5.97 Å². The number of esters is 1. The minimum absolute atomic E-state index is 0.0737. The Morgan fingerprint density at radius 1 is 0.931 bits per heavy atom. The van der Waals surface area contributed by atoms with Gasteiger partial charge in [0.05, 0.1) is 0 Å². The van der Waals surface area contributed by atoms with Crippen LogP contribution in [-0.2, 0) is 14.3 Å². The Morgan fingerprint density at radius 2 is 1.48 bits per heavy atom. The first-order chi connectivity index (χ1) is 14.2. The highest BCUT2D eigenvalue weighted by atomic mass is 16.6. The summed E-state index contributed by atoms with van der Waals surface area (Å²) in [7, 11) is 0. The minimum Gasteiger partial charge on any atom is -0.505 e. The van der Waals surface area contributed by atoms with Crippen molar-refractivity contribution in [1.29, 1.82) is 0 Å². The molecule has 4 heteroatoms. The first-order valence-electron chi connectivity index (χ1n) is 11.7. The van der Waals surface area contributed by atoms with Crippen LogP contribution in [0.4, 0.5) is 0 Å². The molecule has 0 unspecified atom stereocenters. The molecule has 1 heterocycles. The lowest BCUT2D eigenvalue weighted by atomic mass is 10.0. The lowest BCUT2D eigenvalue weighted by Crippen LogP contribution is -2.10. The predicted octanol–water partition coefficient (Wildman–Crippen LogP) is 7.31. The summed E-state index contributed by atoms with van der Waals surface area (Å²) in [6.07, 6.45) is 24.1. The Hall–Kier alpha value is -1.71. The van der Waals surface area contributed by atoms with Gasteiger partial charge in [0.2, 0.25) is 5.76 Å². The lowest BCUT2D eigenvalue weighted by molar-refractivity contribution is -0.143. The van der Waals surface area contributed by atoms with Gasteiger partial charge in [-0.3, -0.25) is 0 Å². The van der Waals surface area contributed by atoms with Gasteiger partial charge in [0.25, 0.3) is 0 Å². The number of unbranched alkanes of at least 4 members (excludes halogenated alkanes) is 12. The van der Waals surface area contributed by atoms with Crippen LogP contribution in [-0.4, -0.2) is 23.8 Å². The average Bonchev–Trinajstić information content (AvgIpc) is 2.99. The number of ether oxygens (including phenoxy) is 2. The molecule has 1 aliphatic heterocycles. The molecule has 0 amide bonds. The Kier molecular flexibility index (Phi) is 15.0. The van der Waals surface area contributed by atoms with Crippen molar-refractivity contribution in [2.45, 2.75) is 109 Å². The van der Waals surface area contributed by atoms with Crippen molar-refractivity contribution in [3.05, 3.63) is 36.3 Å². The van der Waals surface area contributed by atoms with Crippen LogP contribution in [0, 0.1) is 0 Å². The molecule has 1 rings (SSSR count). The van der Waals surface area contributed by atoms with Gasteiger partial charge in [0.1, 0.15) is 6.61 Å². The van der Waals surface area contributed by atoms with E-state index < -0.39 is 12.1 Å². The maximum atomic E-state index is 11.7. The molecule has 0 saturated carbocycles. The van der Waals surface area contributed by atoms with E-state index >= 15 is 0 Å². The van der Waals surface area contributed by atoms with Crippen LogP contribution in [0.25, 0.3) is 0 Å². The maximum Gasteiger partial charge on any atom is 0.378 e. The molecule has 0 spiro atoms. The van der Waals surface area contributed by atoms with E-state index in [1.807, 2.05) is 0 Å². The van der Waals surface area contributed by atoms with Crippen LogP contribution in [0.15, 0.2) is 36.3 Å². The predicted molar refractivity (Wildman–Crippen MR) is 120 cm³/mol. The molecule has 0 bridgehead atoms. The van der Waals surface area contributed by atoms with Crippen LogP contribution in [0.3, 0.4) is 0 Å². The maximum absolute atomic E-state index is 11.7. The number of aliphatic hydroxyl groups is 1. The minimum atomic E-state index is -0.588. The van der Waals surface area contributed by atoms with Gasteiger partial charge in [0.15, 0.2) is 11.9 Å². The Bertz CT molecular complexity index is 507. The summed E-state index contributed by atoms with van der Waals surface area (Å²) in [6.45, 7) is 5.97. The van der Waals surface area contributed by atoms with Gasteiger partial charge in [0, 0.05) is 0 Å². The number of rotatable bonds is 19. The summed E-state index contributed by atoms with van der Waals surface area (Å²) in [4.78, 5) is 11.7. The second-order valence-corrected chi connectivity index (χ2v) is 7.93. The third kappa shape index (κ3) is 11.8. The number of cyclic esters (lactones) is 1. The summed E-state index contributed by atoms with van der Waals surface area (Å²) in [6, 6.07) is 0. The molecule has 0 aromatic heterocycles. The molecule has 0 aromatic rings. The molecular formula is C25H42O4. The molecule has 0 aromatic carbocycles. The highest BCUT2D eigenvalue weighted by Gasteiger charge is 2.35. The zero-order valence-corrected chi connectivity index (χ0v) is 18.5. The lowest BCUT2D eigenvalue weighted by Gasteiger charge is -2.07. The van der Waals surface area contributed by atoms with Crippen molar-refractivity contribution < 1.29 is 19.4 Å². The number of carbonyl (C=O) groups is 1. The number of carbonyl (C=O) groups excluding carboxylic acids is 1. The number of aliphatic hydroxyl groups excluding tert-OH is 1. The van der Waals surface area contributed by atoms with Gasteiger partial charge in [-0.25, -0.2) is 4.79 Å². The van der Waals surface area contributed by atoms with E-state index in [1.165, 1.54) is 83.1 Å². The second-order valence-electron chi connectivity index (χ2n) is 7.93. The molecule has 0 saturated heterocycles. The third-order valence-corrected chi connectivity index (χ3v) is 5.30. The SMILES string of the molecule is C=CCOC1=C(O)[C@H](CCC=CCCCCCCCCCCCCCC)OC1=O. The topological polar surface area (TPSA) is 55.8 Å². The van der Waals surface area contributed by atoms with Gasteiger partial charge in [-0.05, 0) is 25.7 Å². The normalized spacial score (nSPS) is 16.6. The summed E-state index contributed by atoms with van der Waals surface area (Å²) in [5, 5.41) is 10.0. The molecular weight excluding hydrogens is 364 g/mol. The number of hydrogen-bond acceptors (Lipinski definition) is 4. The standard InChI is InChI=1S/C25H42O4/c1-3-5-6-7-8-9-10-11-12-13-14-15-16-17-18-19-20-22-23(26)24(25(27)29-22)28-21-4-2/h4,17-18,22,26H,2-3,5-16,19-21H2,1H3/t22-/m0/s1. The highest BCUT2D eigenvalue weighted by molar-refractivity contribution is 5.89. The van der Waals surface area contributed by atoms with E-state index in [9.17, 15) is 9.90 Å². The fourth-order valence-corrected chi connectivity index (χ4v) is 3.55. The summed E-state index contributed by atoms with van der Waals surface area (Å²) in [5.41, 5.74) is 0. The van der Waals surface area contributed by atoms with Gasteiger partial charge in [-0.1, -0.05) is 102 Å². The van der Waals surface area contributed by atoms with Crippen LogP contribution >= 0.6 is 0 Å². The van der Waals surface area contributed by atoms with E-state index in [0.717, 1.165) is 12.8 Å². The van der Waals surface area contributed by atoms with Crippen molar-refractivity contribution in [2.24, 2.45) is 0 Å². The second kappa shape index (κ2) is 17.2. The number of hydrogen-bond donors (Lipinski definition) is 1. The van der Waals surface area contributed by atoms with E-state index in [1.54, 1.807) is 0 Å². The zero-order valence-electron chi connectivity index (χ0n) is 18.5. The first kappa shape index (κ1) is 25.3. The number of allylic oxidation sites excluding steroid dienone is 2. The van der Waals surface area contributed by atoms with Crippen molar-refractivity contribution in [3.63, 3.8) is 0 Å². The summed E-state index contributed by atoms with van der Waals surface area (Å²) >= 11 is 0. The largest absolute Gasteiger partial charge is 0.505 e. The van der Waals surface area contributed by atoms with Crippen LogP contribution in [0.2, 0.25) is 0 Å².